The molecular formula is C21H21FN2O5S2. The van der Waals surface area contributed by atoms with Gasteiger partial charge in [-0.1, -0.05) is 24.3 Å². The summed E-state index contributed by atoms with van der Waals surface area (Å²) in [7, 11) is -3.63. The Morgan fingerprint density at radius 2 is 1.94 bits per heavy atom. The van der Waals surface area contributed by atoms with Crippen molar-refractivity contribution in [2.24, 2.45) is 0 Å². The Hall–Kier alpha value is -2.56. The van der Waals surface area contributed by atoms with Gasteiger partial charge in [0, 0.05) is 43.6 Å². The molecule has 1 fully saturated rings. The Kier molecular flexibility index (Phi) is 5.71. The third kappa shape index (κ3) is 3.90. The summed E-state index contributed by atoms with van der Waals surface area (Å²) >= 11 is 1.14. The van der Waals surface area contributed by atoms with Crippen LogP contribution in [0.5, 0.6) is 0 Å². The minimum absolute atomic E-state index is 0.0363. The third-order valence-electron chi connectivity index (χ3n) is 5.67. The molecule has 0 bridgehead atoms. The van der Waals surface area contributed by atoms with E-state index in [2.05, 4.69) is 5.32 Å². The Morgan fingerprint density at radius 3 is 2.58 bits per heavy atom. The fourth-order valence-corrected chi connectivity index (χ4v) is 6.59. The van der Waals surface area contributed by atoms with Crippen molar-refractivity contribution in [3.05, 3.63) is 64.3 Å². The average molecular weight is 465 g/mol. The van der Waals surface area contributed by atoms with Crippen molar-refractivity contribution in [2.45, 2.75) is 36.1 Å². The fraction of sp³-hybridized carbons (Fsp3) is 0.333. The van der Waals surface area contributed by atoms with Crippen LogP contribution in [0, 0.1) is 5.82 Å². The van der Waals surface area contributed by atoms with Crippen LogP contribution in [0.3, 0.4) is 0 Å². The van der Waals surface area contributed by atoms with Crippen LogP contribution in [0.2, 0.25) is 0 Å². The fourth-order valence-electron chi connectivity index (χ4n) is 4.01. The van der Waals surface area contributed by atoms with Gasteiger partial charge in [0.1, 0.15) is 15.6 Å². The molecule has 1 spiro atoms. The minimum Gasteiger partial charge on any atom is -0.450 e. The number of hydrogen-bond acceptors (Lipinski definition) is 6. The highest BCUT2D eigenvalue weighted by atomic mass is 32.2. The number of hydrogen-bond donors (Lipinski definition) is 1. The second kappa shape index (κ2) is 8.18. The molecule has 4 rings (SSSR count). The molecule has 0 unspecified atom stereocenters. The molecule has 10 heteroatoms. The van der Waals surface area contributed by atoms with E-state index in [4.69, 9.17) is 4.74 Å². The van der Waals surface area contributed by atoms with E-state index in [9.17, 15) is 22.4 Å². The number of nitrogens with zero attached hydrogens (tertiary/aromatic N) is 1. The van der Waals surface area contributed by atoms with Gasteiger partial charge in [-0.05, 0) is 24.4 Å². The number of benzene rings is 1. The van der Waals surface area contributed by atoms with Crippen molar-refractivity contribution in [1.82, 2.24) is 9.62 Å². The zero-order valence-corrected chi connectivity index (χ0v) is 18.4. The quantitative estimate of drug-likeness (QED) is 0.687. The highest BCUT2D eigenvalue weighted by Crippen LogP contribution is 2.42. The maximum absolute atomic E-state index is 13.9. The van der Waals surface area contributed by atoms with Crippen LogP contribution in [0.15, 0.2) is 57.1 Å². The highest BCUT2D eigenvalue weighted by molar-refractivity contribution is 7.91. The van der Waals surface area contributed by atoms with Crippen LogP contribution in [0.25, 0.3) is 0 Å². The summed E-state index contributed by atoms with van der Waals surface area (Å²) in [5, 5.41) is 4.36. The molecule has 7 nitrogen and oxygen atoms in total. The smallest absolute Gasteiger partial charge is 0.335 e. The number of halogens is 1. The molecule has 2 aliphatic heterocycles. The van der Waals surface area contributed by atoms with Gasteiger partial charge in [-0.15, -0.1) is 11.3 Å². The van der Waals surface area contributed by atoms with Gasteiger partial charge in [-0.3, -0.25) is 4.79 Å². The van der Waals surface area contributed by atoms with Gasteiger partial charge in [0.15, 0.2) is 0 Å². The van der Waals surface area contributed by atoms with E-state index in [-0.39, 0.29) is 47.8 Å². The first-order chi connectivity index (χ1) is 14.7. The van der Waals surface area contributed by atoms with Gasteiger partial charge in [0.2, 0.25) is 0 Å². The van der Waals surface area contributed by atoms with Gasteiger partial charge in [0.05, 0.1) is 5.57 Å². The number of amides is 1. The predicted molar refractivity (Wildman–Crippen MR) is 112 cm³/mol. The molecule has 0 aliphatic carbocycles. The molecule has 1 amide bonds. The molecule has 2 aromatic rings. The molecular weight excluding hydrogens is 443 g/mol. The van der Waals surface area contributed by atoms with Gasteiger partial charge < -0.3 is 10.1 Å². The highest BCUT2D eigenvalue weighted by Gasteiger charge is 2.52. The molecule has 31 heavy (non-hydrogen) atoms. The first-order valence-corrected chi connectivity index (χ1v) is 12.1. The maximum atomic E-state index is 13.9. The van der Waals surface area contributed by atoms with Crippen LogP contribution in [-0.4, -0.2) is 43.3 Å². The number of ether oxygens (including phenoxy) is 1. The summed E-state index contributed by atoms with van der Waals surface area (Å²) in [6.45, 7) is 1.71. The number of sulfonamides is 1. The molecule has 1 aromatic heterocycles. The van der Waals surface area contributed by atoms with Crippen molar-refractivity contribution in [3.63, 3.8) is 0 Å². The van der Waals surface area contributed by atoms with E-state index < -0.39 is 33.3 Å². The van der Waals surface area contributed by atoms with Crippen molar-refractivity contribution in [1.29, 1.82) is 0 Å². The molecule has 2 aliphatic rings. The van der Waals surface area contributed by atoms with Gasteiger partial charge >= 0.3 is 5.97 Å². The van der Waals surface area contributed by atoms with Crippen molar-refractivity contribution >= 4 is 33.2 Å². The van der Waals surface area contributed by atoms with Crippen LogP contribution in [0.1, 0.15) is 25.3 Å². The van der Waals surface area contributed by atoms with E-state index in [1.165, 1.54) is 17.3 Å². The van der Waals surface area contributed by atoms with Crippen LogP contribution < -0.4 is 5.32 Å². The van der Waals surface area contributed by atoms with Crippen molar-refractivity contribution in [2.75, 3.05) is 13.1 Å². The number of nitrogens with one attached hydrogen (secondary N) is 1. The van der Waals surface area contributed by atoms with Gasteiger partial charge in [0.25, 0.3) is 15.9 Å². The summed E-state index contributed by atoms with van der Waals surface area (Å²) < 4.78 is 46.6. The largest absolute Gasteiger partial charge is 0.450 e. The molecule has 1 saturated heterocycles. The Labute approximate surface area is 183 Å². The van der Waals surface area contributed by atoms with Gasteiger partial charge in [-0.25, -0.2) is 17.6 Å². The number of thiophene rings is 1. The first-order valence-electron chi connectivity index (χ1n) is 9.74. The molecule has 164 valence electrons. The Morgan fingerprint density at radius 1 is 1.23 bits per heavy atom. The second-order valence-corrected chi connectivity index (χ2v) is 10.6. The second-order valence-electron chi connectivity index (χ2n) is 7.49. The number of rotatable bonds is 5. The van der Waals surface area contributed by atoms with Crippen molar-refractivity contribution < 1.29 is 27.1 Å². The van der Waals surface area contributed by atoms with Crippen LogP contribution >= 0.6 is 11.3 Å². The molecule has 3 heterocycles. The number of carbonyl (C=O) groups is 2. The number of esters is 1. The lowest BCUT2D eigenvalue weighted by molar-refractivity contribution is -0.150. The van der Waals surface area contributed by atoms with E-state index >= 15 is 0 Å². The van der Waals surface area contributed by atoms with E-state index in [0.29, 0.717) is 5.56 Å². The molecule has 0 radical (unpaired) electrons. The maximum Gasteiger partial charge on any atom is 0.335 e. The van der Waals surface area contributed by atoms with Crippen LogP contribution in [0.4, 0.5) is 4.39 Å². The number of carbonyl (C=O) groups excluding carboxylic acids is 2. The molecule has 0 atom stereocenters. The topological polar surface area (TPSA) is 92.8 Å². The Bertz CT molecular complexity index is 1150. The Balaban J connectivity index is 1.51. The first kappa shape index (κ1) is 21.7. The molecule has 0 saturated carbocycles. The molecule has 1 N–H and O–H groups in total. The van der Waals surface area contributed by atoms with E-state index in [0.717, 1.165) is 11.3 Å². The predicted octanol–water partition coefficient (Wildman–Crippen LogP) is 2.60. The lowest BCUT2D eigenvalue weighted by atomic mass is 9.83. The molecule has 1 aromatic carbocycles. The van der Waals surface area contributed by atoms with Crippen LogP contribution in [-0.2, 0) is 30.9 Å². The zero-order valence-electron chi connectivity index (χ0n) is 16.8. The summed E-state index contributed by atoms with van der Waals surface area (Å²) in [5.74, 6) is -1.54. The summed E-state index contributed by atoms with van der Waals surface area (Å²) in [6.07, 6.45) is 0.340. The lowest BCUT2D eigenvalue weighted by Gasteiger charge is -2.38. The monoisotopic (exact) mass is 464 g/mol. The normalized spacial score (nSPS) is 19.0. The third-order valence-corrected chi connectivity index (χ3v) is 8.94. The standard InChI is InChI=1S/C21H21FN2O5S2/c1-14-18(19(25)23-13-15-5-2-3-6-16(15)22)21(29-20(14)26)8-10-24(11-9-21)31(27,28)17-7-4-12-30-17/h2-7,12H,8-11,13H2,1H3,(H,23,25). The lowest BCUT2D eigenvalue weighted by Crippen LogP contribution is -2.50. The SMILES string of the molecule is CC1=C(C(=O)NCc2ccccc2F)C2(CCN(S(=O)(=O)c3cccs3)CC2)OC1=O. The van der Waals surface area contributed by atoms with Gasteiger partial charge in [-0.2, -0.15) is 4.31 Å². The van der Waals surface area contributed by atoms with E-state index in [1.54, 1.807) is 35.7 Å². The average Bonchev–Trinajstić information content (AvgIpc) is 3.36. The zero-order chi connectivity index (χ0) is 22.2. The summed E-state index contributed by atoms with van der Waals surface area (Å²) in [4.78, 5) is 25.3. The number of piperidine rings is 1. The summed E-state index contributed by atoms with van der Waals surface area (Å²) in [5.41, 5.74) is -0.463. The van der Waals surface area contributed by atoms with Crippen molar-refractivity contribution in [3.8, 4) is 0 Å². The van der Waals surface area contributed by atoms with E-state index in [1.807, 2.05) is 0 Å². The summed E-state index contributed by atoms with van der Waals surface area (Å²) in [6, 6.07) is 9.32. The minimum atomic E-state index is -3.63.